The second kappa shape index (κ2) is 14.0. The average Bonchev–Trinajstić information content (AvgIpc) is 2.81. The van der Waals surface area contributed by atoms with E-state index in [0.717, 1.165) is 29.8 Å². The van der Waals surface area contributed by atoms with Crippen LogP contribution in [0.1, 0.15) is 95.9 Å². The summed E-state index contributed by atoms with van der Waals surface area (Å²) >= 11 is 0. The van der Waals surface area contributed by atoms with E-state index in [9.17, 15) is 0 Å². The second-order valence-corrected chi connectivity index (χ2v) is 26.1. The third kappa shape index (κ3) is 6.27. The number of methoxy groups -OCH3 is 2. The van der Waals surface area contributed by atoms with Crippen molar-refractivity contribution in [2.24, 2.45) is 35.5 Å². The van der Waals surface area contributed by atoms with Crippen molar-refractivity contribution in [1.82, 2.24) is 0 Å². The normalized spacial score (nSPS) is 28.5. The zero-order valence-electron chi connectivity index (χ0n) is 27.7. The molecule has 38 heavy (non-hydrogen) atoms. The summed E-state index contributed by atoms with van der Waals surface area (Å²) in [6.07, 6.45) is 5.34. The van der Waals surface area contributed by atoms with Crippen molar-refractivity contribution in [3.05, 3.63) is 11.8 Å². The van der Waals surface area contributed by atoms with Crippen LogP contribution in [-0.2, 0) is 9.47 Å². The summed E-state index contributed by atoms with van der Waals surface area (Å²) in [5.74, 6) is 7.50. The van der Waals surface area contributed by atoms with Gasteiger partial charge in [-0.1, -0.05) is 94.9 Å². The van der Waals surface area contributed by atoms with Crippen molar-refractivity contribution >= 4 is 16.1 Å². The summed E-state index contributed by atoms with van der Waals surface area (Å²) in [6.45, 7) is 31.3. The van der Waals surface area contributed by atoms with E-state index in [2.05, 4.69) is 106 Å². The van der Waals surface area contributed by atoms with E-state index in [1.54, 1.807) is 0 Å². The molecule has 2 bridgehead atoms. The molecular weight excluding hydrogens is 497 g/mol. The molecule has 0 radical (unpaired) electrons. The Bertz CT molecular complexity index is 773. The smallest absolute Gasteiger partial charge is 0.145 e. The Balaban J connectivity index is 2.71. The molecule has 0 aromatic carbocycles. The van der Waals surface area contributed by atoms with Gasteiger partial charge in [0.15, 0.2) is 0 Å². The van der Waals surface area contributed by atoms with Gasteiger partial charge in [0.25, 0.3) is 0 Å². The number of hydrogen-bond acceptors (Lipinski definition) is 2. The lowest BCUT2D eigenvalue weighted by molar-refractivity contribution is -0.0898. The first-order chi connectivity index (χ1) is 17.7. The van der Waals surface area contributed by atoms with Crippen LogP contribution in [0.4, 0.5) is 0 Å². The molecule has 0 amide bonds. The monoisotopic (exact) mass is 560 g/mol. The minimum Gasteiger partial charge on any atom is -0.384 e. The second-order valence-electron chi connectivity index (χ2n) is 14.7. The predicted molar refractivity (Wildman–Crippen MR) is 173 cm³/mol. The molecule has 3 fully saturated rings. The Kier molecular flexibility index (Phi) is 12.5. The third-order valence-electron chi connectivity index (χ3n) is 11.5. The summed E-state index contributed by atoms with van der Waals surface area (Å²) in [5, 5.41) is 0. The molecular formula is C34H64O2Si2. The van der Waals surface area contributed by atoms with Crippen LogP contribution in [0.15, 0.2) is 11.8 Å². The van der Waals surface area contributed by atoms with Crippen molar-refractivity contribution in [3.8, 4) is 11.5 Å². The van der Waals surface area contributed by atoms with Crippen LogP contribution in [0.25, 0.3) is 0 Å². The number of allylic oxidation sites excluding steroid dienone is 1. The van der Waals surface area contributed by atoms with Crippen LogP contribution in [-0.4, -0.2) is 43.6 Å². The standard InChI is InChI=1S/C34H64O2Si2/c1-23(2)37(24(3)4,25(5)6)19-17-31-29-15-16-30(34(22-36-14)33(29)21-35-13)32(31)18-20-38(26(7)8,27(9)10)28(11)12/h17,19,23-34H,15-16,21-22H2,1-14H3/b19-17+/t29-,30+,31?,32?,33+,34-/m0/s1. The third-order valence-corrected chi connectivity index (χ3v) is 24.6. The van der Waals surface area contributed by atoms with Gasteiger partial charge in [0, 0.05) is 33.4 Å². The van der Waals surface area contributed by atoms with Gasteiger partial charge < -0.3 is 9.47 Å². The molecule has 3 rings (SSSR count). The predicted octanol–water partition coefficient (Wildman–Crippen LogP) is 9.78. The summed E-state index contributed by atoms with van der Waals surface area (Å²) in [6, 6.07) is 0. The highest BCUT2D eigenvalue weighted by molar-refractivity contribution is 6.90. The van der Waals surface area contributed by atoms with E-state index >= 15 is 0 Å². The number of fused-ring (bicyclic) bond motifs is 3. The van der Waals surface area contributed by atoms with Crippen LogP contribution in [0.3, 0.4) is 0 Å². The van der Waals surface area contributed by atoms with Crippen LogP contribution < -0.4 is 0 Å². The first-order valence-corrected chi connectivity index (χ1v) is 20.5. The molecule has 4 heteroatoms. The molecule has 0 N–H and O–H groups in total. The van der Waals surface area contributed by atoms with Crippen molar-refractivity contribution in [3.63, 3.8) is 0 Å². The molecule has 3 aliphatic carbocycles. The lowest BCUT2D eigenvalue weighted by Gasteiger charge is -2.55. The zero-order chi connectivity index (χ0) is 29.0. The van der Waals surface area contributed by atoms with Crippen LogP contribution >= 0.6 is 0 Å². The molecule has 0 aromatic rings. The van der Waals surface area contributed by atoms with Crippen molar-refractivity contribution in [2.45, 2.75) is 129 Å². The Morgan fingerprint density at radius 3 is 1.47 bits per heavy atom. The highest BCUT2D eigenvalue weighted by Gasteiger charge is 2.53. The van der Waals surface area contributed by atoms with Crippen molar-refractivity contribution in [1.29, 1.82) is 0 Å². The van der Waals surface area contributed by atoms with Crippen molar-refractivity contribution < 1.29 is 9.47 Å². The average molecular weight is 561 g/mol. The van der Waals surface area contributed by atoms with Gasteiger partial charge in [-0.05, 0) is 75.7 Å². The van der Waals surface area contributed by atoms with Crippen LogP contribution in [0, 0.1) is 47.0 Å². The minimum atomic E-state index is -1.79. The van der Waals surface area contributed by atoms with Gasteiger partial charge in [-0.3, -0.25) is 0 Å². The molecule has 0 saturated heterocycles. The number of hydrogen-bond donors (Lipinski definition) is 0. The van der Waals surface area contributed by atoms with Crippen molar-refractivity contribution in [2.75, 3.05) is 27.4 Å². The molecule has 2 nitrogen and oxygen atoms in total. The maximum Gasteiger partial charge on any atom is 0.145 e. The number of ether oxygens (including phenoxy) is 2. The Hall–Kier alpha value is -0.346. The van der Waals surface area contributed by atoms with Gasteiger partial charge in [-0.15, -0.1) is 11.5 Å². The van der Waals surface area contributed by atoms with E-state index in [0.29, 0.717) is 52.1 Å². The summed E-state index contributed by atoms with van der Waals surface area (Å²) in [4.78, 5) is 0. The summed E-state index contributed by atoms with van der Waals surface area (Å²) in [5.41, 5.74) is 11.2. The minimum absolute atomic E-state index is 0.444. The van der Waals surface area contributed by atoms with E-state index in [-0.39, 0.29) is 0 Å². The van der Waals surface area contributed by atoms with Gasteiger partial charge >= 0.3 is 0 Å². The van der Waals surface area contributed by atoms with Gasteiger partial charge in [0.1, 0.15) is 8.07 Å². The maximum absolute atomic E-state index is 5.86. The molecule has 0 heterocycles. The topological polar surface area (TPSA) is 18.5 Å². The summed E-state index contributed by atoms with van der Waals surface area (Å²) < 4.78 is 11.7. The SMILES string of the molecule is COC[C@@H]1[C@H](COC)[C@H]2CC[C@@H]1C(C#C[Si](C(C)C)(C(C)C)C(C)C)C2/C=C/[Si](C(C)C)(C(C)C)C(C)C. The Morgan fingerprint density at radius 2 is 1.08 bits per heavy atom. The number of rotatable bonds is 12. The molecule has 2 unspecified atom stereocenters. The molecule has 6 atom stereocenters. The lowest BCUT2D eigenvalue weighted by Crippen LogP contribution is -2.53. The highest BCUT2D eigenvalue weighted by Crippen LogP contribution is 2.56. The lowest BCUT2D eigenvalue weighted by atomic mass is 9.50. The first kappa shape index (κ1) is 33.9. The molecule has 3 saturated carbocycles. The zero-order valence-corrected chi connectivity index (χ0v) is 29.7. The fraction of sp³-hybridized carbons (Fsp3) is 0.882. The van der Waals surface area contributed by atoms with E-state index in [1.807, 2.05) is 14.2 Å². The van der Waals surface area contributed by atoms with E-state index in [1.165, 1.54) is 12.8 Å². The molecule has 0 aromatic heterocycles. The quantitative estimate of drug-likeness (QED) is 0.175. The Morgan fingerprint density at radius 1 is 0.658 bits per heavy atom. The fourth-order valence-corrected chi connectivity index (χ4v) is 20.8. The van der Waals surface area contributed by atoms with Gasteiger partial charge in [-0.2, -0.15) is 0 Å². The Labute approximate surface area is 240 Å². The first-order valence-electron chi connectivity index (χ1n) is 15.9. The molecule has 3 aliphatic rings. The molecule has 0 aliphatic heterocycles. The fourth-order valence-electron chi connectivity index (χ4n) is 9.77. The van der Waals surface area contributed by atoms with Crippen LogP contribution in [0.2, 0.25) is 33.2 Å². The van der Waals surface area contributed by atoms with Crippen LogP contribution in [0.5, 0.6) is 0 Å². The van der Waals surface area contributed by atoms with Gasteiger partial charge in [0.05, 0.1) is 8.07 Å². The maximum atomic E-state index is 5.86. The van der Waals surface area contributed by atoms with Gasteiger partial charge in [0.2, 0.25) is 0 Å². The summed E-state index contributed by atoms with van der Waals surface area (Å²) in [7, 11) is 0.349. The van der Waals surface area contributed by atoms with E-state index in [4.69, 9.17) is 9.47 Å². The molecule has 220 valence electrons. The largest absolute Gasteiger partial charge is 0.384 e. The highest BCUT2D eigenvalue weighted by atomic mass is 28.3. The van der Waals surface area contributed by atoms with E-state index < -0.39 is 16.1 Å². The van der Waals surface area contributed by atoms with Gasteiger partial charge in [-0.25, -0.2) is 0 Å². The molecule has 0 spiro atoms.